The molecule has 2 rings (SSSR count). The van der Waals surface area contributed by atoms with Crippen LogP contribution in [-0.2, 0) is 4.79 Å². The fourth-order valence-electron chi connectivity index (χ4n) is 2.78. The molecule has 0 radical (unpaired) electrons. The van der Waals surface area contributed by atoms with E-state index in [1.54, 1.807) is 0 Å². The van der Waals surface area contributed by atoms with Crippen molar-refractivity contribution in [2.45, 2.75) is 44.9 Å². The number of carbonyl (C=O) groups excluding carboxylic acids is 1. The Morgan fingerprint density at radius 1 is 1.25 bits per heavy atom. The Kier molecular flexibility index (Phi) is 4.64. The highest BCUT2D eigenvalue weighted by Gasteiger charge is 2.19. The Hall–Kier alpha value is -0.570. The Balaban J connectivity index is 1.72. The van der Waals surface area contributed by atoms with Gasteiger partial charge in [-0.1, -0.05) is 6.42 Å². The van der Waals surface area contributed by atoms with Crippen LogP contribution >= 0.6 is 0 Å². The third-order valence-electron chi connectivity index (χ3n) is 3.88. The lowest BCUT2D eigenvalue weighted by atomic mass is 9.96. The number of likely N-dealkylation sites (tertiary alicyclic amines) is 1. The van der Waals surface area contributed by atoms with E-state index in [0.29, 0.717) is 5.91 Å². The van der Waals surface area contributed by atoms with Crippen LogP contribution in [0.15, 0.2) is 0 Å². The monoisotopic (exact) mass is 224 g/mol. The molecule has 92 valence electrons. The van der Waals surface area contributed by atoms with Gasteiger partial charge in [-0.15, -0.1) is 0 Å². The summed E-state index contributed by atoms with van der Waals surface area (Å²) < 4.78 is 0. The molecule has 2 heterocycles. The number of nitrogens with one attached hydrogen (secondary N) is 1. The summed E-state index contributed by atoms with van der Waals surface area (Å²) in [6.07, 6.45) is 8.15. The van der Waals surface area contributed by atoms with E-state index < -0.39 is 0 Å². The van der Waals surface area contributed by atoms with Gasteiger partial charge in [-0.05, 0) is 51.1 Å². The molecular weight excluding hydrogens is 200 g/mol. The maximum atomic E-state index is 11.8. The fourth-order valence-corrected chi connectivity index (χ4v) is 2.78. The minimum Gasteiger partial charge on any atom is -0.343 e. The van der Waals surface area contributed by atoms with Gasteiger partial charge in [-0.3, -0.25) is 4.79 Å². The van der Waals surface area contributed by atoms with Crippen molar-refractivity contribution in [2.75, 3.05) is 26.2 Å². The highest BCUT2D eigenvalue weighted by molar-refractivity contribution is 5.76. The fraction of sp³-hybridized carbons (Fsp3) is 0.923. The van der Waals surface area contributed by atoms with Crippen LogP contribution in [-0.4, -0.2) is 37.0 Å². The average molecular weight is 224 g/mol. The van der Waals surface area contributed by atoms with Gasteiger partial charge in [0.15, 0.2) is 0 Å². The van der Waals surface area contributed by atoms with E-state index in [1.807, 2.05) is 0 Å². The minimum atomic E-state index is 0.390. The molecule has 2 aliphatic rings. The van der Waals surface area contributed by atoms with Crippen LogP contribution in [0.5, 0.6) is 0 Å². The van der Waals surface area contributed by atoms with Crippen molar-refractivity contribution in [2.24, 2.45) is 5.92 Å². The molecule has 2 fully saturated rings. The van der Waals surface area contributed by atoms with Gasteiger partial charge in [0.2, 0.25) is 5.91 Å². The molecule has 0 aromatic carbocycles. The summed E-state index contributed by atoms with van der Waals surface area (Å²) >= 11 is 0. The first-order chi connectivity index (χ1) is 7.86. The second-order valence-corrected chi connectivity index (χ2v) is 5.19. The molecule has 1 amide bonds. The van der Waals surface area contributed by atoms with Crippen LogP contribution in [0.3, 0.4) is 0 Å². The van der Waals surface area contributed by atoms with Gasteiger partial charge in [0.25, 0.3) is 0 Å². The summed E-state index contributed by atoms with van der Waals surface area (Å²) in [5.74, 6) is 1.19. The summed E-state index contributed by atoms with van der Waals surface area (Å²) in [5, 5.41) is 3.44. The smallest absolute Gasteiger partial charge is 0.222 e. The zero-order valence-corrected chi connectivity index (χ0v) is 10.2. The second kappa shape index (κ2) is 6.24. The molecular formula is C13H24N2O. The number of hydrogen-bond acceptors (Lipinski definition) is 2. The van der Waals surface area contributed by atoms with Crippen LogP contribution in [0.4, 0.5) is 0 Å². The highest BCUT2D eigenvalue weighted by Crippen LogP contribution is 2.17. The maximum Gasteiger partial charge on any atom is 0.222 e. The highest BCUT2D eigenvalue weighted by atomic mass is 16.2. The summed E-state index contributed by atoms with van der Waals surface area (Å²) in [6, 6.07) is 0. The second-order valence-electron chi connectivity index (χ2n) is 5.19. The third-order valence-corrected chi connectivity index (χ3v) is 3.88. The Morgan fingerprint density at radius 3 is 3.00 bits per heavy atom. The van der Waals surface area contributed by atoms with Crippen LogP contribution in [0.1, 0.15) is 44.9 Å². The number of hydrogen-bond donors (Lipinski definition) is 1. The van der Waals surface area contributed by atoms with E-state index in [0.717, 1.165) is 38.4 Å². The number of nitrogens with zero attached hydrogens (tertiary/aromatic N) is 1. The average Bonchev–Trinajstić information content (AvgIpc) is 2.53. The number of rotatable bonds is 3. The molecule has 2 aliphatic heterocycles. The van der Waals surface area contributed by atoms with Crippen molar-refractivity contribution in [3.63, 3.8) is 0 Å². The van der Waals surface area contributed by atoms with Crippen LogP contribution < -0.4 is 5.32 Å². The summed E-state index contributed by atoms with van der Waals surface area (Å²) in [5.41, 5.74) is 0. The van der Waals surface area contributed by atoms with Gasteiger partial charge in [0.05, 0.1) is 0 Å². The topological polar surface area (TPSA) is 32.3 Å². The number of carbonyl (C=O) groups is 1. The number of amides is 1. The lowest BCUT2D eigenvalue weighted by Gasteiger charge is -2.26. The molecule has 0 bridgehead atoms. The van der Waals surface area contributed by atoms with E-state index in [-0.39, 0.29) is 0 Å². The largest absolute Gasteiger partial charge is 0.343 e. The van der Waals surface area contributed by atoms with Crippen molar-refractivity contribution in [1.29, 1.82) is 0 Å². The van der Waals surface area contributed by atoms with Crippen molar-refractivity contribution >= 4 is 5.91 Å². The molecule has 0 saturated carbocycles. The quantitative estimate of drug-likeness (QED) is 0.792. The Bertz CT molecular complexity index is 224. The first-order valence-corrected chi connectivity index (χ1v) is 6.85. The molecule has 3 nitrogen and oxygen atoms in total. The Morgan fingerprint density at radius 2 is 2.19 bits per heavy atom. The predicted molar refractivity (Wildman–Crippen MR) is 65.3 cm³/mol. The van der Waals surface area contributed by atoms with E-state index >= 15 is 0 Å². The maximum absolute atomic E-state index is 11.8. The standard InChI is InChI=1S/C13H24N2O/c16-13-6-2-1-3-9-15(13)10-7-12-5-4-8-14-11-12/h12,14H,1-11H2. The lowest BCUT2D eigenvalue weighted by Crippen LogP contribution is -2.35. The first kappa shape index (κ1) is 11.9. The van der Waals surface area contributed by atoms with Crippen molar-refractivity contribution in [3.8, 4) is 0 Å². The predicted octanol–water partition coefficient (Wildman–Crippen LogP) is 1.78. The zero-order chi connectivity index (χ0) is 11.2. The van der Waals surface area contributed by atoms with Gasteiger partial charge in [0, 0.05) is 19.5 Å². The molecule has 2 saturated heterocycles. The zero-order valence-electron chi connectivity index (χ0n) is 10.2. The first-order valence-electron chi connectivity index (χ1n) is 6.85. The molecule has 1 N–H and O–H groups in total. The van der Waals surface area contributed by atoms with Gasteiger partial charge < -0.3 is 10.2 Å². The molecule has 1 unspecified atom stereocenters. The van der Waals surface area contributed by atoms with Crippen molar-refractivity contribution in [3.05, 3.63) is 0 Å². The van der Waals surface area contributed by atoms with Crippen LogP contribution in [0, 0.1) is 5.92 Å². The molecule has 0 spiro atoms. The lowest BCUT2D eigenvalue weighted by molar-refractivity contribution is -0.130. The molecule has 0 aromatic rings. The van der Waals surface area contributed by atoms with Gasteiger partial charge in [0.1, 0.15) is 0 Å². The van der Waals surface area contributed by atoms with E-state index in [9.17, 15) is 4.79 Å². The Labute approximate surface area is 98.6 Å². The normalized spacial score (nSPS) is 27.9. The van der Waals surface area contributed by atoms with Gasteiger partial charge in [-0.2, -0.15) is 0 Å². The van der Waals surface area contributed by atoms with E-state index in [2.05, 4.69) is 10.2 Å². The number of piperidine rings is 1. The summed E-state index contributed by atoms with van der Waals surface area (Å²) in [4.78, 5) is 13.9. The van der Waals surface area contributed by atoms with Crippen molar-refractivity contribution in [1.82, 2.24) is 10.2 Å². The van der Waals surface area contributed by atoms with Crippen LogP contribution in [0.2, 0.25) is 0 Å². The molecule has 16 heavy (non-hydrogen) atoms. The van der Waals surface area contributed by atoms with E-state index in [1.165, 1.54) is 38.6 Å². The summed E-state index contributed by atoms with van der Waals surface area (Å²) in [7, 11) is 0. The van der Waals surface area contributed by atoms with E-state index in [4.69, 9.17) is 0 Å². The minimum absolute atomic E-state index is 0.390. The molecule has 3 heteroatoms. The summed E-state index contributed by atoms with van der Waals surface area (Å²) in [6.45, 7) is 4.32. The van der Waals surface area contributed by atoms with Gasteiger partial charge >= 0.3 is 0 Å². The third kappa shape index (κ3) is 3.48. The molecule has 1 atom stereocenters. The van der Waals surface area contributed by atoms with Crippen molar-refractivity contribution < 1.29 is 4.79 Å². The van der Waals surface area contributed by atoms with Gasteiger partial charge in [-0.25, -0.2) is 0 Å². The SMILES string of the molecule is O=C1CCCCCN1CCC1CCCNC1. The van der Waals surface area contributed by atoms with Crippen LogP contribution in [0.25, 0.3) is 0 Å². The molecule has 0 aliphatic carbocycles. The molecule has 0 aromatic heterocycles.